The predicted octanol–water partition coefficient (Wildman–Crippen LogP) is 1.39. The number of imidazole rings is 1. The number of hydrogen-bond donors (Lipinski definition) is 1. The minimum Gasteiger partial charge on any atom is -0.399 e. The SMILES string of the molecule is CS(=O)CCCn1cnc2cc(N)ccc21. The summed E-state index contributed by atoms with van der Waals surface area (Å²) in [7, 11) is -0.718. The molecule has 0 fully saturated rings. The van der Waals surface area contributed by atoms with E-state index in [0.29, 0.717) is 0 Å². The summed E-state index contributed by atoms with van der Waals surface area (Å²) in [6.45, 7) is 0.847. The number of aryl methyl sites for hydroxylation is 1. The fourth-order valence-corrected chi connectivity index (χ4v) is 2.23. The molecule has 0 aliphatic rings. The van der Waals surface area contributed by atoms with Gasteiger partial charge in [-0.1, -0.05) is 0 Å². The average Bonchev–Trinajstić information content (AvgIpc) is 2.60. The van der Waals surface area contributed by atoms with E-state index in [-0.39, 0.29) is 0 Å². The second-order valence-corrected chi connectivity index (χ2v) is 5.37. The molecule has 0 aliphatic heterocycles. The fourth-order valence-electron chi connectivity index (χ4n) is 1.70. The number of aromatic nitrogens is 2. The van der Waals surface area contributed by atoms with Crippen LogP contribution in [0.5, 0.6) is 0 Å². The molecule has 4 nitrogen and oxygen atoms in total. The topological polar surface area (TPSA) is 60.9 Å². The van der Waals surface area contributed by atoms with Crippen LogP contribution in [0.4, 0.5) is 5.69 Å². The Morgan fingerprint density at radius 3 is 3.06 bits per heavy atom. The first-order valence-corrected chi connectivity index (χ1v) is 6.90. The molecule has 5 heteroatoms. The van der Waals surface area contributed by atoms with Gasteiger partial charge in [-0.25, -0.2) is 4.98 Å². The molecule has 1 aromatic carbocycles. The number of benzene rings is 1. The number of nitrogens with two attached hydrogens (primary N) is 1. The van der Waals surface area contributed by atoms with Crippen molar-refractivity contribution in [3.05, 3.63) is 24.5 Å². The maximum absolute atomic E-state index is 11.0. The van der Waals surface area contributed by atoms with E-state index >= 15 is 0 Å². The number of fused-ring (bicyclic) bond motifs is 1. The van der Waals surface area contributed by atoms with Crippen molar-refractivity contribution in [1.82, 2.24) is 9.55 Å². The van der Waals surface area contributed by atoms with Crippen LogP contribution in [0.1, 0.15) is 6.42 Å². The van der Waals surface area contributed by atoms with Crippen LogP contribution in [0.2, 0.25) is 0 Å². The van der Waals surface area contributed by atoms with Gasteiger partial charge in [-0.05, 0) is 24.6 Å². The number of hydrogen-bond acceptors (Lipinski definition) is 3. The Morgan fingerprint density at radius 1 is 1.50 bits per heavy atom. The van der Waals surface area contributed by atoms with Gasteiger partial charge < -0.3 is 10.3 Å². The minimum absolute atomic E-state index is 0.718. The van der Waals surface area contributed by atoms with Crippen molar-refractivity contribution in [1.29, 1.82) is 0 Å². The molecule has 2 rings (SSSR count). The third-order valence-corrected chi connectivity index (χ3v) is 3.34. The lowest BCUT2D eigenvalue weighted by Gasteiger charge is -2.03. The van der Waals surface area contributed by atoms with Crippen molar-refractivity contribution < 1.29 is 4.21 Å². The first-order valence-electron chi connectivity index (χ1n) is 5.17. The van der Waals surface area contributed by atoms with Gasteiger partial charge in [0.25, 0.3) is 0 Å². The summed E-state index contributed by atoms with van der Waals surface area (Å²) in [6.07, 6.45) is 4.44. The van der Waals surface area contributed by atoms with Crippen LogP contribution in [-0.4, -0.2) is 25.8 Å². The lowest BCUT2D eigenvalue weighted by atomic mass is 10.3. The van der Waals surface area contributed by atoms with Crippen molar-refractivity contribution in [3.8, 4) is 0 Å². The Kier molecular flexibility index (Phi) is 3.24. The van der Waals surface area contributed by atoms with E-state index in [9.17, 15) is 4.21 Å². The molecule has 2 N–H and O–H groups in total. The van der Waals surface area contributed by atoms with Gasteiger partial charge >= 0.3 is 0 Å². The van der Waals surface area contributed by atoms with Gasteiger partial charge in [0, 0.05) is 35.0 Å². The Hall–Kier alpha value is -1.36. The standard InChI is InChI=1S/C11H15N3OS/c1-16(15)6-2-5-14-8-13-10-7-9(12)3-4-11(10)14/h3-4,7-8H,2,5-6,12H2,1H3. The molecule has 16 heavy (non-hydrogen) atoms. The molecule has 0 spiro atoms. The summed E-state index contributed by atoms with van der Waals surface area (Å²) in [4.78, 5) is 4.28. The van der Waals surface area contributed by atoms with Crippen LogP contribution < -0.4 is 5.73 Å². The lowest BCUT2D eigenvalue weighted by molar-refractivity contribution is 0.668. The smallest absolute Gasteiger partial charge is 0.0958 e. The summed E-state index contributed by atoms with van der Waals surface area (Å²) in [6, 6.07) is 5.71. The molecule has 1 atom stereocenters. The number of nitrogen functional groups attached to an aromatic ring is 1. The van der Waals surface area contributed by atoms with Crippen molar-refractivity contribution >= 4 is 27.5 Å². The van der Waals surface area contributed by atoms with Crippen molar-refractivity contribution in [2.24, 2.45) is 0 Å². The van der Waals surface area contributed by atoms with E-state index in [1.807, 2.05) is 24.5 Å². The summed E-state index contributed by atoms with van der Waals surface area (Å²) in [5.41, 5.74) is 8.41. The van der Waals surface area contributed by atoms with Gasteiger partial charge in [0.1, 0.15) is 0 Å². The number of rotatable bonds is 4. The Labute approximate surface area is 96.9 Å². The van der Waals surface area contributed by atoms with Crippen LogP contribution >= 0.6 is 0 Å². The molecule has 0 bridgehead atoms. The largest absolute Gasteiger partial charge is 0.399 e. The van der Waals surface area contributed by atoms with Crippen LogP contribution in [0.3, 0.4) is 0 Å². The quantitative estimate of drug-likeness (QED) is 0.817. The molecule has 0 aliphatic carbocycles. The zero-order valence-corrected chi connectivity index (χ0v) is 10.0. The third kappa shape index (κ3) is 2.41. The van der Waals surface area contributed by atoms with Gasteiger partial charge in [-0.2, -0.15) is 0 Å². The summed E-state index contributed by atoms with van der Waals surface area (Å²) in [5.74, 6) is 0.731. The van der Waals surface area contributed by atoms with Gasteiger partial charge in [-0.3, -0.25) is 4.21 Å². The van der Waals surface area contributed by atoms with Crippen LogP contribution in [0.15, 0.2) is 24.5 Å². The van der Waals surface area contributed by atoms with E-state index in [2.05, 4.69) is 9.55 Å². The second kappa shape index (κ2) is 4.65. The molecule has 0 saturated heterocycles. The Bertz CT molecular complexity index is 521. The zero-order valence-electron chi connectivity index (χ0n) is 9.22. The predicted molar refractivity (Wildman–Crippen MR) is 67.7 cm³/mol. The van der Waals surface area contributed by atoms with Crippen LogP contribution in [-0.2, 0) is 17.3 Å². The minimum atomic E-state index is -0.718. The monoisotopic (exact) mass is 237 g/mol. The van der Waals surface area contributed by atoms with Gasteiger partial charge in [0.2, 0.25) is 0 Å². The third-order valence-electron chi connectivity index (χ3n) is 2.48. The second-order valence-electron chi connectivity index (χ2n) is 3.82. The highest BCUT2D eigenvalue weighted by Crippen LogP contribution is 2.16. The molecular weight excluding hydrogens is 222 g/mol. The van der Waals surface area contributed by atoms with Crippen LogP contribution in [0, 0.1) is 0 Å². The highest BCUT2D eigenvalue weighted by atomic mass is 32.2. The normalized spacial score (nSPS) is 13.1. The molecule has 1 heterocycles. The highest BCUT2D eigenvalue weighted by Gasteiger charge is 2.02. The van der Waals surface area contributed by atoms with E-state index in [4.69, 9.17) is 5.73 Å². The molecule has 86 valence electrons. The van der Waals surface area contributed by atoms with Crippen LogP contribution in [0.25, 0.3) is 11.0 Å². The Balaban J connectivity index is 2.15. The van der Waals surface area contributed by atoms with Gasteiger partial charge in [0.05, 0.1) is 17.4 Å². The summed E-state index contributed by atoms with van der Waals surface area (Å²) in [5, 5.41) is 0. The zero-order chi connectivity index (χ0) is 11.5. The number of anilines is 1. The van der Waals surface area contributed by atoms with E-state index in [0.717, 1.165) is 35.4 Å². The van der Waals surface area contributed by atoms with Crippen molar-refractivity contribution in [3.63, 3.8) is 0 Å². The highest BCUT2D eigenvalue weighted by molar-refractivity contribution is 7.84. The van der Waals surface area contributed by atoms with Gasteiger partial charge in [0.15, 0.2) is 0 Å². The van der Waals surface area contributed by atoms with E-state index in [1.165, 1.54) is 0 Å². The van der Waals surface area contributed by atoms with Gasteiger partial charge in [-0.15, -0.1) is 0 Å². The van der Waals surface area contributed by atoms with E-state index < -0.39 is 10.8 Å². The maximum atomic E-state index is 11.0. The first kappa shape index (κ1) is 11.1. The summed E-state index contributed by atoms with van der Waals surface area (Å²) >= 11 is 0. The molecule has 1 unspecified atom stereocenters. The van der Waals surface area contributed by atoms with Crippen molar-refractivity contribution in [2.45, 2.75) is 13.0 Å². The molecule has 0 radical (unpaired) electrons. The molecule has 0 saturated carbocycles. The average molecular weight is 237 g/mol. The molecule has 2 aromatic rings. The fraction of sp³-hybridized carbons (Fsp3) is 0.364. The molecular formula is C11H15N3OS. The number of nitrogens with zero attached hydrogens (tertiary/aromatic N) is 2. The molecule has 1 aromatic heterocycles. The van der Waals surface area contributed by atoms with Crippen molar-refractivity contribution in [2.75, 3.05) is 17.7 Å². The maximum Gasteiger partial charge on any atom is 0.0958 e. The molecule has 0 amide bonds. The first-order chi connectivity index (χ1) is 7.66. The lowest BCUT2D eigenvalue weighted by Crippen LogP contribution is -2.01. The summed E-state index contributed by atoms with van der Waals surface area (Å²) < 4.78 is 13.0. The Morgan fingerprint density at radius 2 is 2.31 bits per heavy atom. The van der Waals surface area contributed by atoms with E-state index in [1.54, 1.807) is 6.26 Å².